The molecule has 0 bridgehead atoms. The lowest BCUT2D eigenvalue weighted by atomic mass is 10.1. The van der Waals surface area contributed by atoms with E-state index < -0.39 is 0 Å². The molecule has 4 rings (SSSR count). The van der Waals surface area contributed by atoms with Gasteiger partial charge in [-0.1, -0.05) is 19.1 Å². The van der Waals surface area contributed by atoms with Gasteiger partial charge < -0.3 is 18.9 Å². The molecule has 2 aromatic rings. The van der Waals surface area contributed by atoms with Crippen molar-refractivity contribution in [2.45, 2.75) is 33.4 Å². The second kappa shape index (κ2) is 8.59. The van der Waals surface area contributed by atoms with Crippen LogP contribution in [0.2, 0.25) is 0 Å². The van der Waals surface area contributed by atoms with E-state index in [9.17, 15) is 4.79 Å². The van der Waals surface area contributed by atoms with Crippen LogP contribution in [-0.4, -0.2) is 72.1 Å². The number of rotatable bonds is 6. The number of nitrogens with zero attached hydrogens (tertiary/aromatic N) is 3. The summed E-state index contributed by atoms with van der Waals surface area (Å²) in [6, 6.07) is 9.78. The average Bonchev–Trinajstić information content (AvgIpc) is 3.02. The molecule has 1 fully saturated rings. The molecule has 6 nitrogen and oxygen atoms in total. The molecule has 0 saturated carbocycles. The SMILES string of the molecule is CCN1CCN(CC(=O)c2cc(C)n(CC3COc4ccccc4O3)c2C)CC1. The normalized spacial score (nSPS) is 20.0. The Hall–Kier alpha value is -2.31. The lowest BCUT2D eigenvalue weighted by molar-refractivity contribution is 0.0776. The van der Waals surface area contributed by atoms with Crippen molar-refractivity contribution in [2.75, 3.05) is 45.9 Å². The number of para-hydroxylation sites is 2. The Kier molecular flexibility index (Phi) is 5.92. The second-order valence-corrected chi connectivity index (χ2v) is 8.03. The van der Waals surface area contributed by atoms with E-state index >= 15 is 0 Å². The Morgan fingerprint density at radius 3 is 2.48 bits per heavy atom. The molecule has 2 aliphatic rings. The highest BCUT2D eigenvalue weighted by atomic mass is 16.6. The molecule has 2 aliphatic heterocycles. The maximum atomic E-state index is 13.0. The molecule has 0 amide bonds. The van der Waals surface area contributed by atoms with Crippen LogP contribution in [0, 0.1) is 13.8 Å². The zero-order valence-electron chi connectivity index (χ0n) is 17.7. The highest BCUT2D eigenvalue weighted by molar-refractivity contribution is 5.99. The van der Waals surface area contributed by atoms with Gasteiger partial charge in [-0.2, -0.15) is 0 Å². The van der Waals surface area contributed by atoms with Crippen LogP contribution in [0.1, 0.15) is 28.7 Å². The monoisotopic (exact) mass is 397 g/mol. The fourth-order valence-electron chi connectivity index (χ4n) is 4.27. The van der Waals surface area contributed by atoms with Gasteiger partial charge in [-0.3, -0.25) is 9.69 Å². The minimum atomic E-state index is -0.0697. The minimum absolute atomic E-state index is 0.0697. The number of aromatic nitrogens is 1. The molecule has 0 spiro atoms. The van der Waals surface area contributed by atoms with Crippen LogP contribution in [0.4, 0.5) is 0 Å². The van der Waals surface area contributed by atoms with Gasteiger partial charge in [0.2, 0.25) is 0 Å². The molecule has 1 saturated heterocycles. The van der Waals surface area contributed by atoms with Crippen molar-refractivity contribution >= 4 is 5.78 Å². The number of hydrogen-bond acceptors (Lipinski definition) is 5. The number of benzene rings is 1. The number of carbonyl (C=O) groups is 1. The maximum absolute atomic E-state index is 13.0. The highest BCUT2D eigenvalue weighted by Crippen LogP contribution is 2.31. The van der Waals surface area contributed by atoms with Crippen LogP contribution in [-0.2, 0) is 6.54 Å². The molecule has 1 aromatic heterocycles. The smallest absolute Gasteiger partial charge is 0.178 e. The summed E-state index contributed by atoms with van der Waals surface area (Å²) in [5, 5.41) is 0. The van der Waals surface area contributed by atoms with Gasteiger partial charge in [0.15, 0.2) is 23.4 Å². The summed E-state index contributed by atoms with van der Waals surface area (Å²) >= 11 is 0. The van der Waals surface area contributed by atoms with Crippen molar-refractivity contribution < 1.29 is 14.3 Å². The number of Topliss-reactive ketones (excluding diaryl/α,β-unsaturated/α-hetero) is 1. The zero-order chi connectivity index (χ0) is 20.4. The third-order valence-corrected chi connectivity index (χ3v) is 6.11. The van der Waals surface area contributed by atoms with Gasteiger partial charge >= 0.3 is 0 Å². The first kappa shape index (κ1) is 20.0. The fraction of sp³-hybridized carbons (Fsp3) is 0.522. The van der Waals surface area contributed by atoms with E-state index in [1.54, 1.807) is 0 Å². The number of ether oxygens (including phenoxy) is 2. The van der Waals surface area contributed by atoms with E-state index in [2.05, 4.69) is 28.2 Å². The van der Waals surface area contributed by atoms with Crippen molar-refractivity contribution in [3.05, 3.63) is 47.3 Å². The fourth-order valence-corrected chi connectivity index (χ4v) is 4.27. The molecule has 6 heteroatoms. The summed E-state index contributed by atoms with van der Waals surface area (Å²) in [7, 11) is 0. The molecule has 29 heavy (non-hydrogen) atoms. The lowest BCUT2D eigenvalue weighted by Gasteiger charge is -2.33. The maximum Gasteiger partial charge on any atom is 0.178 e. The minimum Gasteiger partial charge on any atom is -0.486 e. The Balaban J connectivity index is 1.41. The Labute approximate surface area is 173 Å². The van der Waals surface area contributed by atoms with Crippen LogP contribution in [0.3, 0.4) is 0 Å². The number of fused-ring (bicyclic) bond motifs is 1. The predicted octanol–water partition coefficient (Wildman–Crippen LogP) is 2.77. The van der Waals surface area contributed by atoms with Crippen LogP contribution < -0.4 is 9.47 Å². The number of ketones is 1. The van der Waals surface area contributed by atoms with E-state index in [-0.39, 0.29) is 11.9 Å². The molecular weight excluding hydrogens is 366 g/mol. The zero-order valence-corrected chi connectivity index (χ0v) is 17.7. The standard InChI is InChI=1S/C23H31N3O3/c1-4-24-9-11-25(12-10-24)15-21(27)20-13-17(2)26(18(20)3)14-19-16-28-22-7-5-6-8-23(22)29-19/h5-8,13,19H,4,9-12,14-16H2,1-3H3. The average molecular weight is 398 g/mol. The van der Waals surface area contributed by atoms with E-state index in [0.717, 1.165) is 61.2 Å². The van der Waals surface area contributed by atoms with Crippen molar-refractivity contribution in [3.63, 3.8) is 0 Å². The van der Waals surface area contributed by atoms with E-state index in [0.29, 0.717) is 19.7 Å². The first-order valence-corrected chi connectivity index (χ1v) is 10.6. The molecule has 3 heterocycles. The van der Waals surface area contributed by atoms with Crippen LogP contribution in [0.15, 0.2) is 30.3 Å². The Bertz CT molecular complexity index is 868. The van der Waals surface area contributed by atoms with Crippen molar-refractivity contribution in [1.29, 1.82) is 0 Å². The quantitative estimate of drug-likeness (QED) is 0.702. The number of carbonyl (C=O) groups excluding carboxylic acids is 1. The van der Waals surface area contributed by atoms with Gasteiger partial charge in [-0.15, -0.1) is 0 Å². The Morgan fingerprint density at radius 2 is 1.76 bits per heavy atom. The number of aryl methyl sites for hydroxylation is 1. The number of piperazine rings is 1. The van der Waals surface area contributed by atoms with Crippen LogP contribution in [0.5, 0.6) is 11.5 Å². The highest BCUT2D eigenvalue weighted by Gasteiger charge is 2.25. The lowest BCUT2D eigenvalue weighted by Crippen LogP contribution is -2.47. The second-order valence-electron chi connectivity index (χ2n) is 8.03. The van der Waals surface area contributed by atoms with Crippen molar-refractivity contribution in [3.8, 4) is 11.5 Å². The van der Waals surface area contributed by atoms with Gasteiger partial charge in [0.25, 0.3) is 0 Å². The number of hydrogen-bond donors (Lipinski definition) is 0. The topological polar surface area (TPSA) is 46.9 Å². The van der Waals surface area contributed by atoms with Crippen molar-refractivity contribution in [1.82, 2.24) is 14.4 Å². The van der Waals surface area contributed by atoms with Gasteiger partial charge in [0.05, 0.1) is 13.1 Å². The third-order valence-electron chi connectivity index (χ3n) is 6.11. The molecule has 0 aliphatic carbocycles. The molecular formula is C23H31N3O3. The first-order chi connectivity index (χ1) is 14.0. The van der Waals surface area contributed by atoms with Crippen molar-refractivity contribution in [2.24, 2.45) is 0 Å². The molecule has 156 valence electrons. The van der Waals surface area contributed by atoms with Crippen LogP contribution in [0.25, 0.3) is 0 Å². The van der Waals surface area contributed by atoms with Gasteiger partial charge in [-0.05, 0) is 38.6 Å². The van der Waals surface area contributed by atoms with E-state index in [1.165, 1.54) is 0 Å². The van der Waals surface area contributed by atoms with E-state index in [1.807, 2.05) is 37.3 Å². The molecule has 0 N–H and O–H groups in total. The molecule has 0 radical (unpaired) electrons. The first-order valence-electron chi connectivity index (χ1n) is 10.6. The number of likely N-dealkylation sites (N-methyl/N-ethyl adjacent to an activating group) is 1. The van der Waals surface area contributed by atoms with Gasteiger partial charge in [0, 0.05) is 43.1 Å². The summed E-state index contributed by atoms with van der Waals surface area (Å²) in [5.74, 6) is 1.79. The third kappa shape index (κ3) is 4.33. The van der Waals surface area contributed by atoms with Crippen LogP contribution >= 0.6 is 0 Å². The molecule has 1 atom stereocenters. The summed E-state index contributed by atoms with van der Waals surface area (Å²) in [6.45, 7) is 13.1. The summed E-state index contributed by atoms with van der Waals surface area (Å²) in [4.78, 5) is 17.7. The summed E-state index contributed by atoms with van der Waals surface area (Å²) in [6.07, 6.45) is -0.0697. The molecule has 1 unspecified atom stereocenters. The molecule has 1 aromatic carbocycles. The summed E-state index contributed by atoms with van der Waals surface area (Å²) < 4.78 is 14.1. The van der Waals surface area contributed by atoms with E-state index in [4.69, 9.17) is 9.47 Å². The van der Waals surface area contributed by atoms with Gasteiger partial charge in [-0.25, -0.2) is 0 Å². The summed E-state index contributed by atoms with van der Waals surface area (Å²) in [5.41, 5.74) is 2.93. The Morgan fingerprint density at radius 1 is 1.07 bits per heavy atom. The van der Waals surface area contributed by atoms with Gasteiger partial charge in [0.1, 0.15) is 6.61 Å². The predicted molar refractivity (Wildman–Crippen MR) is 113 cm³/mol. The largest absolute Gasteiger partial charge is 0.486 e.